The van der Waals surface area contributed by atoms with E-state index >= 15 is 0 Å². The van der Waals surface area contributed by atoms with Crippen molar-refractivity contribution in [1.82, 2.24) is 0 Å². The molecule has 0 saturated carbocycles. The summed E-state index contributed by atoms with van der Waals surface area (Å²) in [6.07, 6.45) is 0. The standard InChI is InChI=1S/C13H11ClS/c1-10-2-6-12(7-3-10)15-13-8-4-11(14)5-9-13/h2-9H,1H3/p+1. The van der Waals surface area contributed by atoms with Crippen molar-refractivity contribution in [2.75, 3.05) is 0 Å². The first-order valence-electron chi connectivity index (χ1n) is 4.78. The van der Waals surface area contributed by atoms with Gasteiger partial charge in [-0.05, 0) is 43.3 Å². The molecule has 76 valence electrons. The van der Waals surface area contributed by atoms with Gasteiger partial charge in [0.1, 0.15) is 0 Å². The molecule has 0 amide bonds. The lowest BCUT2D eigenvalue weighted by atomic mass is 10.2. The summed E-state index contributed by atoms with van der Waals surface area (Å²) in [6.45, 7) is 2.10. The SMILES string of the molecule is Cc1ccc([SH+]c2ccc(Cl)cc2)cc1. The van der Waals surface area contributed by atoms with Crippen molar-refractivity contribution in [2.24, 2.45) is 0 Å². The Labute approximate surface area is 99.3 Å². The number of thiol groups is 1. The maximum absolute atomic E-state index is 5.83. The van der Waals surface area contributed by atoms with E-state index in [2.05, 4.69) is 43.3 Å². The molecule has 15 heavy (non-hydrogen) atoms. The fourth-order valence-corrected chi connectivity index (χ4v) is 2.30. The third-order valence-corrected chi connectivity index (χ3v) is 3.48. The highest BCUT2D eigenvalue weighted by Gasteiger charge is 2.05. The van der Waals surface area contributed by atoms with Crippen molar-refractivity contribution in [2.45, 2.75) is 16.7 Å². The second-order valence-electron chi connectivity index (χ2n) is 3.42. The third kappa shape index (κ3) is 3.01. The van der Waals surface area contributed by atoms with Gasteiger partial charge in [-0.2, -0.15) is 0 Å². The van der Waals surface area contributed by atoms with Crippen molar-refractivity contribution in [3.05, 3.63) is 59.1 Å². The van der Waals surface area contributed by atoms with Gasteiger partial charge in [0, 0.05) is 16.8 Å². The van der Waals surface area contributed by atoms with Gasteiger partial charge in [-0.3, -0.25) is 0 Å². The first kappa shape index (κ1) is 10.6. The third-order valence-electron chi connectivity index (χ3n) is 2.12. The fraction of sp³-hybridized carbons (Fsp3) is 0.0769. The number of hydrogen-bond acceptors (Lipinski definition) is 0. The van der Waals surface area contributed by atoms with Gasteiger partial charge in [0.25, 0.3) is 0 Å². The minimum Gasteiger partial charge on any atom is -0.0843 e. The molecule has 0 N–H and O–H groups in total. The van der Waals surface area contributed by atoms with E-state index in [-0.39, 0.29) is 0 Å². The van der Waals surface area contributed by atoms with Crippen LogP contribution in [0.3, 0.4) is 0 Å². The Balaban J connectivity index is 2.15. The molecule has 2 heteroatoms. The van der Waals surface area contributed by atoms with E-state index in [1.54, 1.807) is 0 Å². The minimum absolute atomic E-state index is 0.790. The van der Waals surface area contributed by atoms with E-state index in [0.29, 0.717) is 0 Å². The zero-order chi connectivity index (χ0) is 10.7. The van der Waals surface area contributed by atoms with Crippen LogP contribution in [0.15, 0.2) is 58.3 Å². The van der Waals surface area contributed by atoms with Crippen molar-refractivity contribution < 1.29 is 0 Å². The molecule has 0 aliphatic carbocycles. The maximum atomic E-state index is 5.83. The molecule has 2 rings (SSSR count). The highest BCUT2D eigenvalue weighted by Crippen LogP contribution is 2.15. The molecule has 0 aliphatic heterocycles. The Hall–Kier alpha value is -0.920. The molecule has 0 saturated heterocycles. The Morgan fingerprint density at radius 3 is 1.80 bits per heavy atom. The van der Waals surface area contributed by atoms with Gasteiger partial charge in [-0.1, -0.05) is 29.3 Å². The number of rotatable bonds is 2. The predicted molar refractivity (Wildman–Crippen MR) is 67.9 cm³/mol. The molecular weight excluding hydrogens is 224 g/mol. The van der Waals surface area contributed by atoms with Crippen molar-refractivity contribution in [1.29, 1.82) is 0 Å². The van der Waals surface area contributed by atoms with Gasteiger partial charge in [-0.15, -0.1) is 0 Å². The van der Waals surface area contributed by atoms with Crippen LogP contribution in [0, 0.1) is 6.92 Å². The molecule has 0 heterocycles. The second kappa shape index (κ2) is 4.73. The Kier molecular flexibility index (Phi) is 3.34. The van der Waals surface area contributed by atoms with E-state index in [9.17, 15) is 0 Å². The smallest absolute Gasteiger partial charge is 0.0843 e. The second-order valence-corrected chi connectivity index (χ2v) is 5.12. The van der Waals surface area contributed by atoms with Gasteiger partial charge in [0.15, 0.2) is 9.79 Å². The van der Waals surface area contributed by atoms with E-state index < -0.39 is 0 Å². The quantitative estimate of drug-likeness (QED) is 0.548. The highest BCUT2D eigenvalue weighted by molar-refractivity contribution is 7.78. The molecule has 0 aliphatic rings. The zero-order valence-electron chi connectivity index (χ0n) is 8.44. The highest BCUT2D eigenvalue weighted by atomic mass is 35.5. The van der Waals surface area contributed by atoms with Crippen LogP contribution in [0.5, 0.6) is 0 Å². The van der Waals surface area contributed by atoms with E-state index in [1.165, 1.54) is 27.1 Å². The van der Waals surface area contributed by atoms with Crippen molar-refractivity contribution in [3.63, 3.8) is 0 Å². The molecule has 2 aromatic rings. The van der Waals surface area contributed by atoms with Crippen LogP contribution >= 0.6 is 11.6 Å². The zero-order valence-corrected chi connectivity index (χ0v) is 10.1. The summed E-state index contributed by atoms with van der Waals surface area (Å²) >= 11 is 7.06. The topological polar surface area (TPSA) is 0 Å². The average Bonchev–Trinajstić information content (AvgIpc) is 2.25. The summed E-state index contributed by atoms with van der Waals surface area (Å²) in [5.74, 6) is 0. The van der Waals surface area contributed by atoms with Crippen LogP contribution < -0.4 is 0 Å². The van der Waals surface area contributed by atoms with E-state index in [4.69, 9.17) is 11.6 Å². The van der Waals surface area contributed by atoms with Crippen LogP contribution in [0.2, 0.25) is 5.02 Å². The van der Waals surface area contributed by atoms with E-state index in [1.807, 2.05) is 12.1 Å². The van der Waals surface area contributed by atoms with Gasteiger partial charge in [-0.25, -0.2) is 0 Å². The molecular formula is C13H12ClS+. The number of hydrogen-bond donors (Lipinski definition) is 0. The van der Waals surface area contributed by atoms with Gasteiger partial charge in [0.2, 0.25) is 0 Å². The van der Waals surface area contributed by atoms with Crippen molar-refractivity contribution in [3.8, 4) is 0 Å². The largest absolute Gasteiger partial charge is 0.158 e. The number of halogens is 1. The van der Waals surface area contributed by atoms with Crippen LogP contribution in [0.25, 0.3) is 0 Å². The minimum atomic E-state index is 0.790. The first-order chi connectivity index (χ1) is 7.24. The molecule has 0 fully saturated rings. The Bertz CT molecular complexity index is 388. The molecule has 0 unspecified atom stereocenters. The normalized spacial score (nSPS) is 10.3. The molecule has 2 aromatic carbocycles. The van der Waals surface area contributed by atoms with Crippen LogP contribution in [0.1, 0.15) is 5.56 Å². The fourth-order valence-electron chi connectivity index (χ4n) is 1.28. The summed E-state index contributed by atoms with van der Waals surface area (Å²) in [5.41, 5.74) is 1.30. The summed E-state index contributed by atoms with van der Waals surface area (Å²) in [4.78, 5) is 2.58. The molecule has 0 aromatic heterocycles. The van der Waals surface area contributed by atoms with E-state index in [0.717, 1.165) is 5.02 Å². The molecule has 0 radical (unpaired) electrons. The monoisotopic (exact) mass is 235 g/mol. The molecule has 0 spiro atoms. The molecule has 0 nitrogen and oxygen atoms in total. The molecule has 0 bridgehead atoms. The maximum Gasteiger partial charge on any atom is 0.158 e. The average molecular weight is 236 g/mol. The van der Waals surface area contributed by atoms with Gasteiger partial charge >= 0.3 is 0 Å². The summed E-state index contributed by atoms with van der Waals surface area (Å²) in [6, 6.07) is 16.6. The lowest BCUT2D eigenvalue weighted by molar-refractivity contribution is 1.36. The summed E-state index contributed by atoms with van der Waals surface area (Å²) < 4.78 is 0. The molecule has 0 atom stereocenters. The Morgan fingerprint density at radius 1 is 0.800 bits per heavy atom. The van der Waals surface area contributed by atoms with Gasteiger partial charge < -0.3 is 0 Å². The lowest BCUT2D eigenvalue weighted by Crippen LogP contribution is -1.84. The van der Waals surface area contributed by atoms with Crippen LogP contribution in [-0.2, 0) is 11.8 Å². The Morgan fingerprint density at radius 2 is 1.27 bits per heavy atom. The lowest BCUT2D eigenvalue weighted by Gasteiger charge is -1.94. The predicted octanol–water partition coefficient (Wildman–Crippen LogP) is 3.88. The number of benzene rings is 2. The first-order valence-corrected chi connectivity index (χ1v) is 6.05. The van der Waals surface area contributed by atoms with Crippen LogP contribution in [-0.4, -0.2) is 0 Å². The van der Waals surface area contributed by atoms with Crippen LogP contribution in [0.4, 0.5) is 0 Å². The summed E-state index contributed by atoms with van der Waals surface area (Å²) in [7, 11) is 0. The summed E-state index contributed by atoms with van der Waals surface area (Å²) in [5, 5.41) is 0.790. The number of aryl methyl sites for hydroxylation is 1. The van der Waals surface area contributed by atoms with Crippen molar-refractivity contribution >= 4 is 23.4 Å². The van der Waals surface area contributed by atoms with Gasteiger partial charge in [0.05, 0.1) is 0 Å².